The van der Waals surface area contributed by atoms with Crippen LogP contribution in [0.2, 0.25) is 5.02 Å². The van der Waals surface area contributed by atoms with Crippen LogP contribution in [-0.2, 0) is 11.3 Å². The van der Waals surface area contributed by atoms with Crippen LogP contribution in [0.3, 0.4) is 0 Å². The summed E-state index contributed by atoms with van der Waals surface area (Å²) in [6.07, 6.45) is -4.47. The Labute approximate surface area is 161 Å². The Morgan fingerprint density at radius 3 is 2.43 bits per heavy atom. The summed E-state index contributed by atoms with van der Waals surface area (Å²) in [6, 6.07) is 4.53. The van der Waals surface area contributed by atoms with Crippen molar-refractivity contribution in [3.63, 3.8) is 0 Å². The van der Waals surface area contributed by atoms with Gasteiger partial charge in [-0.25, -0.2) is 4.79 Å². The number of nitro benzene ring substituents is 1. The highest BCUT2D eigenvalue weighted by Crippen LogP contribution is 2.25. The summed E-state index contributed by atoms with van der Waals surface area (Å²) in [4.78, 5) is 34.6. The first-order chi connectivity index (χ1) is 12.9. The largest absolute Gasteiger partial charge is 0.454 e. The predicted molar refractivity (Wildman–Crippen MR) is 92.7 cm³/mol. The number of ether oxygens (including phenoxy) is 1. The van der Waals surface area contributed by atoms with E-state index in [9.17, 15) is 32.9 Å². The third-order valence-corrected chi connectivity index (χ3v) is 4.16. The molecule has 0 N–H and O–H groups in total. The number of hydrogen-bond donors (Lipinski definition) is 0. The van der Waals surface area contributed by atoms with Gasteiger partial charge in [-0.1, -0.05) is 11.6 Å². The van der Waals surface area contributed by atoms with Crippen LogP contribution in [0.25, 0.3) is 0 Å². The normalized spacial score (nSPS) is 11.4. The molecule has 0 bridgehead atoms. The van der Waals surface area contributed by atoms with Crippen molar-refractivity contribution in [2.75, 3.05) is 6.61 Å². The average Bonchev–Trinajstić information content (AvgIpc) is 2.85. The second kappa shape index (κ2) is 8.01. The number of aryl methyl sites for hydroxylation is 1. The lowest BCUT2D eigenvalue weighted by molar-refractivity contribution is -0.385. The summed E-state index contributed by atoms with van der Waals surface area (Å²) < 4.78 is 43.7. The lowest BCUT2D eigenvalue weighted by atomic mass is 10.1. The van der Waals surface area contributed by atoms with Crippen molar-refractivity contribution in [3.05, 3.63) is 61.9 Å². The number of carbonyl (C=O) groups is 2. The van der Waals surface area contributed by atoms with E-state index in [4.69, 9.17) is 16.3 Å². The second-order valence-corrected chi connectivity index (χ2v) is 6.34. The second-order valence-electron chi connectivity index (χ2n) is 5.90. The fourth-order valence-corrected chi connectivity index (χ4v) is 2.80. The minimum atomic E-state index is -4.47. The van der Waals surface area contributed by atoms with Gasteiger partial charge in [0.05, 0.1) is 4.92 Å². The van der Waals surface area contributed by atoms with E-state index < -0.39 is 47.3 Å². The molecule has 0 aliphatic rings. The van der Waals surface area contributed by atoms with E-state index >= 15 is 0 Å². The summed E-state index contributed by atoms with van der Waals surface area (Å²) in [7, 11) is 0. The fraction of sp³-hybridized carbons (Fsp3) is 0.294. The van der Waals surface area contributed by atoms with Gasteiger partial charge in [0.1, 0.15) is 12.1 Å². The molecule has 0 amide bonds. The zero-order valence-corrected chi connectivity index (χ0v) is 15.4. The lowest BCUT2D eigenvalue weighted by Gasteiger charge is -2.12. The van der Waals surface area contributed by atoms with Gasteiger partial charge in [0.15, 0.2) is 6.61 Å². The van der Waals surface area contributed by atoms with Gasteiger partial charge in [0.2, 0.25) is 5.78 Å². The SMILES string of the molecule is Cc1cc(C(=O)COC(=O)c2cc(Cl)ccc2[N+](=O)[O-])c(C)n1CC(F)(F)F. The van der Waals surface area contributed by atoms with Crippen LogP contribution < -0.4 is 0 Å². The zero-order chi connectivity index (χ0) is 21.2. The molecule has 7 nitrogen and oxygen atoms in total. The van der Waals surface area contributed by atoms with Crippen LogP contribution >= 0.6 is 11.6 Å². The molecule has 0 aliphatic carbocycles. The molecule has 0 spiro atoms. The summed E-state index contributed by atoms with van der Waals surface area (Å²) in [6.45, 7) is 0.706. The molecule has 1 heterocycles. The first-order valence-electron chi connectivity index (χ1n) is 7.78. The van der Waals surface area contributed by atoms with Crippen molar-refractivity contribution < 1.29 is 32.4 Å². The van der Waals surface area contributed by atoms with Crippen molar-refractivity contribution in [2.24, 2.45) is 0 Å². The molecule has 28 heavy (non-hydrogen) atoms. The Balaban J connectivity index is 2.17. The Bertz CT molecular complexity index is 953. The molecule has 150 valence electrons. The van der Waals surface area contributed by atoms with Crippen LogP contribution in [0.15, 0.2) is 24.3 Å². The maximum absolute atomic E-state index is 12.6. The maximum atomic E-state index is 12.6. The highest BCUT2D eigenvalue weighted by Gasteiger charge is 2.30. The van der Waals surface area contributed by atoms with Crippen molar-refractivity contribution in [1.29, 1.82) is 0 Å². The maximum Gasteiger partial charge on any atom is 0.406 e. The van der Waals surface area contributed by atoms with Gasteiger partial charge in [0, 0.05) is 28.0 Å². The number of hydrogen-bond acceptors (Lipinski definition) is 5. The first-order valence-corrected chi connectivity index (χ1v) is 8.16. The summed E-state index contributed by atoms with van der Waals surface area (Å²) in [5.74, 6) is -1.88. The smallest absolute Gasteiger partial charge is 0.406 e. The Morgan fingerprint density at radius 2 is 1.86 bits per heavy atom. The molecule has 0 unspecified atom stereocenters. The van der Waals surface area contributed by atoms with Crippen LogP contribution in [-0.4, -0.2) is 34.0 Å². The van der Waals surface area contributed by atoms with E-state index in [0.29, 0.717) is 0 Å². The number of ketones is 1. The van der Waals surface area contributed by atoms with Crippen molar-refractivity contribution >= 4 is 29.0 Å². The molecule has 0 saturated heterocycles. The Morgan fingerprint density at radius 1 is 1.21 bits per heavy atom. The minimum absolute atomic E-state index is 0.0323. The van der Waals surface area contributed by atoms with Crippen molar-refractivity contribution in [1.82, 2.24) is 4.57 Å². The third-order valence-electron chi connectivity index (χ3n) is 3.92. The standard InChI is InChI=1S/C17H14ClF3N2O5/c1-9-5-12(10(2)22(9)8-17(19,20)21)15(24)7-28-16(25)13-6-11(18)3-4-14(13)23(26)27/h3-6H,7-8H2,1-2H3. The van der Waals surface area contributed by atoms with E-state index in [1.54, 1.807) is 0 Å². The third kappa shape index (κ3) is 4.89. The molecule has 0 aliphatic heterocycles. The van der Waals surface area contributed by atoms with Crippen molar-refractivity contribution in [2.45, 2.75) is 26.6 Å². The predicted octanol–water partition coefficient (Wildman–Crippen LogP) is 4.27. The Hall–Kier alpha value is -2.88. The number of nitro groups is 1. The average molecular weight is 419 g/mol. The van der Waals surface area contributed by atoms with E-state index in [2.05, 4.69) is 0 Å². The van der Waals surface area contributed by atoms with Gasteiger partial charge in [-0.15, -0.1) is 0 Å². The number of halogens is 4. The van der Waals surface area contributed by atoms with Crippen LogP contribution in [0.1, 0.15) is 32.1 Å². The number of aromatic nitrogens is 1. The fourth-order valence-electron chi connectivity index (χ4n) is 2.62. The summed E-state index contributed by atoms with van der Waals surface area (Å²) in [5.41, 5.74) is -0.729. The molecule has 0 saturated carbocycles. The lowest BCUT2D eigenvalue weighted by Crippen LogP contribution is -2.20. The first kappa shape index (κ1) is 21.4. The summed E-state index contributed by atoms with van der Waals surface area (Å²) >= 11 is 5.73. The van der Waals surface area contributed by atoms with E-state index in [1.807, 2.05) is 0 Å². The van der Waals surface area contributed by atoms with Gasteiger partial charge in [-0.05, 0) is 32.0 Å². The van der Waals surface area contributed by atoms with Gasteiger partial charge in [0.25, 0.3) is 5.69 Å². The molecule has 2 aromatic rings. The molecule has 0 radical (unpaired) electrons. The minimum Gasteiger partial charge on any atom is -0.454 e. The number of alkyl halides is 3. The van der Waals surface area contributed by atoms with Gasteiger partial charge >= 0.3 is 12.1 Å². The van der Waals surface area contributed by atoms with Crippen LogP contribution in [0, 0.1) is 24.0 Å². The number of Topliss-reactive ketones (excluding diaryl/α,β-unsaturated/α-hetero) is 1. The number of nitrogens with zero attached hydrogens (tertiary/aromatic N) is 2. The molecule has 0 fully saturated rings. The highest BCUT2D eigenvalue weighted by atomic mass is 35.5. The highest BCUT2D eigenvalue weighted by molar-refractivity contribution is 6.31. The monoisotopic (exact) mass is 418 g/mol. The molecular weight excluding hydrogens is 405 g/mol. The molecule has 1 aromatic heterocycles. The molecule has 2 rings (SSSR count). The van der Waals surface area contributed by atoms with Gasteiger partial charge < -0.3 is 9.30 Å². The van der Waals surface area contributed by atoms with Crippen LogP contribution in [0.5, 0.6) is 0 Å². The molecular formula is C17H14ClF3N2O5. The van der Waals surface area contributed by atoms with Gasteiger partial charge in [-0.3, -0.25) is 14.9 Å². The van der Waals surface area contributed by atoms with E-state index in [-0.39, 0.29) is 22.0 Å². The van der Waals surface area contributed by atoms with E-state index in [0.717, 1.165) is 16.7 Å². The van der Waals surface area contributed by atoms with E-state index in [1.165, 1.54) is 26.0 Å². The zero-order valence-electron chi connectivity index (χ0n) is 14.7. The number of esters is 1. The summed E-state index contributed by atoms with van der Waals surface area (Å²) in [5, 5.41) is 11.0. The van der Waals surface area contributed by atoms with Crippen LogP contribution in [0.4, 0.5) is 18.9 Å². The number of rotatable bonds is 6. The molecule has 0 atom stereocenters. The Kier molecular flexibility index (Phi) is 6.13. The molecule has 1 aromatic carbocycles. The molecule has 11 heteroatoms. The van der Waals surface area contributed by atoms with Crippen molar-refractivity contribution in [3.8, 4) is 0 Å². The topological polar surface area (TPSA) is 91.4 Å². The number of benzene rings is 1. The quantitative estimate of drug-likeness (QED) is 0.302. The van der Waals surface area contributed by atoms with Gasteiger partial charge in [-0.2, -0.15) is 13.2 Å². The number of carbonyl (C=O) groups excluding carboxylic acids is 2.